The molecule has 0 amide bonds. The lowest BCUT2D eigenvalue weighted by molar-refractivity contribution is -0.154. The summed E-state index contributed by atoms with van der Waals surface area (Å²) in [6.07, 6.45) is 4.32. The Kier molecular flexibility index (Phi) is 5.08. The summed E-state index contributed by atoms with van der Waals surface area (Å²) in [7, 11) is 0. The van der Waals surface area contributed by atoms with E-state index in [4.69, 9.17) is 4.74 Å². The van der Waals surface area contributed by atoms with Gasteiger partial charge in [-0.05, 0) is 51.0 Å². The van der Waals surface area contributed by atoms with Crippen LogP contribution in [-0.4, -0.2) is 18.5 Å². The highest BCUT2D eigenvalue weighted by molar-refractivity contribution is 8.16. The van der Waals surface area contributed by atoms with Crippen molar-refractivity contribution in [3.8, 4) is 0 Å². The number of carbonyl (C=O) groups excluding carboxylic acids is 1. The van der Waals surface area contributed by atoms with Crippen LogP contribution in [0.15, 0.2) is 24.3 Å². The summed E-state index contributed by atoms with van der Waals surface area (Å²) < 4.78 is 8.64. The maximum atomic E-state index is 11.6. The molecule has 1 N–H and O–H groups in total. The summed E-state index contributed by atoms with van der Waals surface area (Å²) in [6.45, 7) is 5.90. The molecule has 0 saturated carbocycles. The lowest BCUT2D eigenvalue weighted by Gasteiger charge is -2.17. The molecule has 0 aliphatic carbocycles. The van der Waals surface area contributed by atoms with Crippen molar-refractivity contribution >= 4 is 22.7 Å². The maximum absolute atomic E-state index is 11.6. The van der Waals surface area contributed by atoms with Gasteiger partial charge in [-0.3, -0.25) is 4.79 Å². The smallest absolute Gasteiger partial charge is 0.311 e. The van der Waals surface area contributed by atoms with Gasteiger partial charge < -0.3 is 9.46 Å². The molecule has 0 heterocycles. The molecule has 0 spiro atoms. The Balaban J connectivity index is 2.52. The van der Waals surface area contributed by atoms with E-state index >= 15 is 0 Å². The highest BCUT2D eigenvalue weighted by Gasteiger charge is 2.22. The second kappa shape index (κ2) is 6.14. The maximum Gasteiger partial charge on any atom is 0.311 e. The molecule has 0 fully saturated rings. The van der Waals surface area contributed by atoms with Gasteiger partial charge in [0.05, 0.1) is 5.41 Å². The van der Waals surface area contributed by atoms with Gasteiger partial charge in [-0.25, -0.2) is 0 Å². The van der Waals surface area contributed by atoms with Crippen LogP contribution in [0.3, 0.4) is 0 Å². The van der Waals surface area contributed by atoms with Crippen LogP contribution in [0.2, 0.25) is 0 Å². The lowest BCUT2D eigenvalue weighted by atomic mass is 9.97. The highest BCUT2D eigenvalue weighted by Crippen LogP contribution is 2.20. The Morgan fingerprint density at radius 2 is 1.78 bits per heavy atom. The number of thiol groups is 1. The fourth-order valence-corrected chi connectivity index (χ4v) is 1.96. The Morgan fingerprint density at radius 1 is 1.22 bits per heavy atom. The molecule has 0 atom stereocenters. The summed E-state index contributed by atoms with van der Waals surface area (Å²) in [5.41, 5.74) is 1.67. The molecule has 0 unspecified atom stereocenters. The summed E-state index contributed by atoms with van der Waals surface area (Å²) in [5, 5.41) is 0. The number of hydrogen-bond acceptors (Lipinski definition) is 3. The van der Waals surface area contributed by atoms with Gasteiger partial charge in [-0.2, -0.15) is 11.1 Å². The minimum Gasteiger partial charge on any atom is -0.460 e. The van der Waals surface area contributed by atoms with Gasteiger partial charge in [0.25, 0.3) is 0 Å². The summed E-state index contributed by atoms with van der Waals surface area (Å²) >= 11 is -0.155. The quantitative estimate of drug-likeness (QED) is 0.650. The molecule has 0 radical (unpaired) electrons. The van der Waals surface area contributed by atoms with E-state index in [9.17, 15) is 4.79 Å². The number of benzene rings is 1. The minimum absolute atomic E-state index is 0.155. The fourth-order valence-electron chi connectivity index (χ4n) is 1.30. The molecule has 0 bridgehead atoms. The first-order valence-corrected chi connectivity index (χ1v) is 8.23. The molecular formula is C14H23NO2S. The van der Waals surface area contributed by atoms with Crippen molar-refractivity contribution in [2.75, 3.05) is 17.2 Å². The van der Waals surface area contributed by atoms with E-state index in [0.717, 1.165) is 11.3 Å². The van der Waals surface area contributed by atoms with Gasteiger partial charge in [-0.1, -0.05) is 12.1 Å². The number of nitrogens with one attached hydrogen (secondary N) is 1. The third kappa shape index (κ3) is 5.00. The Labute approximate surface area is 112 Å². The van der Waals surface area contributed by atoms with Gasteiger partial charge in [-0.15, -0.1) is 0 Å². The summed E-state index contributed by atoms with van der Waals surface area (Å²) in [4.78, 5) is 11.6. The van der Waals surface area contributed by atoms with Crippen LogP contribution < -0.4 is 4.72 Å². The largest absolute Gasteiger partial charge is 0.460 e. The molecule has 1 rings (SSSR count). The van der Waals surface area contributed by atoms with Gasteiger partial charge >= 0.3 is 5.97 Å². The van der Waals surface area contributed by atoms with Crippen LogP contribution in [-0.2, 0) is 16.1 Å². The normalized spacial score (nSPS) is 11.9. The van der Waals surface area contributed by atoms with Crippen molar-refractivity contribution in [3.05, 3.63) is 29.8 Å². The van der Waals surface area contributed by atoms with Crippen LogP contribution in [0.1, 0.15) is 26.3 Å². The first-order chi connectivity index (χ1) is 8.29. The van der Waals surface area contributed by atoms with E-state index in [0.29, 0.717) is 6.61 Å². The summed E-state index contributed by atoms with van der Waals surface area (Å²) in [6, 6.07) is 8.00. The standard InChI is InChI=1S/C14H23NO2S/c1-14(2,3)13(16)17-10-11-6-8-12(9-7-11)15-18(4)5/h6-9,15,18H,10H2,1-5H3. The van der Waals surface area contributed by atoms with Gasteiger partial charge in [0, 0.05) is 5.69 Å². The highest BCUT2D eigenvalue weighted by atomic mass is 32.2. The van der Waals surface area contributed by atoms with Crippen LogP contribution in [0.4, 0.5) is 5.69 Å². The molecule has 0 aromatic heterocycles. The average Bonchev–Trinajstić information content (AvgIpc) is 2.25. The molecular weight excluding hydrogens is 246 g/mol. The van der Waals surface area contributed by atoms with Crippen LogP contribution in [0.5, 0.6) is 0 Å². The van der Waals surface area contributed by atoms with Crippen molar-refractivity contribution in [1.29, 1.82) is 0 Å². The predicted octanol–water partition coefficient (Wildman–Crippen LogP) is 3.36. The number of esters is 1. The molecule has 4 heteroatoms. The molecule has 0 aliphatic heterocycles. The molecule has 3 nitrogen and oxygen atoms in total. The second-order valence-electron chi connectivity index (χ2n) is 5.53. The Morgan fingerprint density at radius 3 is 2.22 bits per heavy atom. The molecule has 102 valence electrons. The lowest BCUT2D eigenvalue weighted by Crippen LogP contribution is -2.22. The van der Waals surface area contributed by atoms with Crippen LogP contribution in [0.25, 0.3) is 0 Å². The molecule has 1 aromatic carbocycles. The number of ether oxygens (including phenoxy) is 1. The number of carbonyl (C=O) groups is 1. The molecule has 1 aromatic rings. The van der Waals surface area contributed by atoms with Crippen molar-refractivity contribution in [2.45, 2.75) is 27.4 Å². The number of rotatable bonds is 4. The van der Waals surface area contributed by atoms with Gasteiger partial charge in [0.2, 0.25) is 0 Å². The van der Waals surface area contributed by atoms with Crippen molar-refractivity contribution in [3.63, 3.8) is 0 Å². The summed E-state index contributed by atoms with van der Waals surface area (Å²) in [5.74, 6) is -0.171. The van der Waals surface area contributed by atoms with Crippen molar-refractivity contribution < 1.29 is 9.53 Å². The Bertz CT molecular complexity index is 393. The van der Waals surface area contributed by atoms with E-state index < -0.39 is 5.41 Å². The fraction of sp³-hybridized carbons (Fsp3) is 0.500. The molecule has 18 heavy (non-hydrogen) atoms. The third-order valence-corrected chi connectivity index (χ3v) is 2.99. The van der Waals surface area contributed by atoms with E-state index in [1.165, 1.54) is 0 Å². The number of hydrogen-bond donors (Lipinski definition) is 2. The van der Waals surface area contributed by atoms with E-state index in [1.54, 1.807) is 0 Å². The monoisotopic (exact) mass is 269 g/mol. The van der Waals surface area contributed by atoms with Crippen LogP contribution >= 0.6 is 11.1 Å². The van der Waals surface area contributed by atoms with E-state index in [1.807, 2.05) is 45.0 Å². The first-order valence-electron chi connectivity index (χ1n) is 5.99. The second-order valence-corrected chi connectivity index (χ2v) is 7.54. The zero-order valence-corrected chi connectivity index (χ0v) is 12.7. The molecule has 0 saturated heterocycles. The third-order valence-electron chi connectivity index (χ3n) is 2.29. The minimum atomic E-state index is -0.443. The zero-order chi connectivity index (χ0) is 13.8. The van der Waals surface area contributed by atoms with Crippen molar-refractivity contribution in [2.24, 2.45) is 5.41 Å². The van der Waals surface area contributed by atoms with Gasteiger partial charge in [0.15, 0.2) is 0 Å². The SMILES string of the molecule is C[SH](C)Nc1ccc(COC(=O)C(C)(C)C)cc1. The van der Waals surface area contributed by atoms with Gasteiger partial charge in [0.1, 0.15) is 6.61 Å². The van der Waals surface area contributed by atoms with E-state index in [-0.39, 0.29) is 17.1 Å². The molecule has 0 aliphatic rings. The zero-order valence-electron chi connectivity index (χ0n) is 11.8. The van der Waals surface area contributed by atoms with E-state index in [2.05, 4.69) is 17.2 Å². The predicted molar refractivity (Wildman–Crippen MR) is 80.1 cm³/mol. The Hall–Kier alpha value is -1.16. The van der Waals surface area contributed by atoms with Crippen LogP contribution in [0, 0.1) is 5.41 Å². The average molecular weight is 269 g/mol. The topological polar surface area (TPSA) is 38.3 Å². The van der Waals surface area contributed by atoms with Crippen molar-refractivity contribution in [1.82, 2.24) is 0 Å². The number of anilines is 1. The first kappa shape index (κ1) is 14.9.